The van der Waals surface area contributed by atoms with E-state index in [-0.39, 0.29) is 5.91 Å². The minimum atomic E-state index is 0.124. The van der Waals surface area contributed by atoms with E-state index in [0.29, 0.717) is 6.54 Å². The number of carbonyl (C=O) groups is 1. The van der Waals surface area contributed by atoms with Crippen LogP contribution in [0.15, 0.2) is 24.3 Å². The average Bonchev–Trinajstić information content (AvgIpc) is 2.34. The first-order valence-electron chi connectivity index (χ1n) is 6.25. The van der Waals surface area contributed by atoms with Gasteiger partial charge in [0.05, 0.1) is 0 Å². The van der Waals surface area contributed by atoms with Crippen LogP contribution in [-0.2, 0) is 0 Å². The molecule has 0 aromatic heterocycles. The summed E-state index contributed by atoms with van der Waals surface area (Å²) < 4.78 is 0. The Morgan fingerprint density at radius 2 is 2.00 bits per heavy atom. The van der Waals surface area contributed by atoms with Gasteiger partial charge in [-0.25, -0.2) is 0 Å². The minimum Gasteiger partial charge on any atom is -0.339 e. The molecule has 3 heteroatoms. The van der Waals surface area contributed by atoms with Gasteiger partial charge in [0, 0.05) is 18.7 Å². The van der Waals surface area contributed by atoms with Gasteiger partial charge in [0.15, 0.2) is 0 Å². The van der Waals surface area contributed by atoms with Crippen LogP contribution >= 0.6 is 0 Å². The first-order valence-corrected chi connectivity index (χ1v) is 6.25. The fourth-order valence-corrected chi connectivity index (χ4v) is 1.85. The first kappa shape index (κ1) is 13.7. The predicted octanol–water partition coefficient (Wildman–Crippen LogP) is 2.20. The molecule has 1 amide bonds. The third kappa shape index (κ3) is 3.86. The van der Waals surface area contributed by atoms with E-state index in [9.17, 15) is 4.79 Å². The molecule has 94 valence electrons. The number of amides is 1. The number of rotatable bonds is 6. The monoisotopic (exact) mass is 234 g/mol. The van der Waals surface area contributed by atoms with Crippen molar-refractivity contribution in [3.8, 4) is 0 Å². The van der Waals surface area contributed by atoms with Gasteiger partial charge in [0.25, 0.3) is 5.91 Å². The van der Waals surface area contributed by atoms with Gasteiger partial charge >= 0.3 is 0 Å². The third-order valence-electron chi connectivity index (χ3n) is 2.79. The fourth-order valence-electron chi connectivity index (χ4n) is 1.85. The maximum atomic E-state index is 12.3. The van der Waals surface area contributed by atoms with Gasteiger partial charge in [-0.1, -0.05) is 25.1 Å². The van der Waals surface area contributed by atoms with Crippen molar-refractivity contribution in [1.29, 1.82) is 0 Å². The number of hydrogen-bond acceptors (Lipinski definition) is 2. The van der Waals surface area contributed by atoms with Crippen molar-refractivity contribution in [1.82, 2.24) is 4.90 Å². The Labute approximate surface area is 104 Å². The average molecular weight is 234 g/mol. The van der Waals surface area contributed by atoms with Gasteiger partial charge in [-0.3, -0.25) is 4.79 Å². The van der Waals surface area contributed by atoms with E-state index in [2.05, 4.69) is 6.92 Å². The Morgan fingerprint density at radius 3 is 2.59 bits per heavy atom. The maximum Gasteiger partial charge on any atom is 0.254 e. The zero-order valence-corrected chi connectivity index (χ0v) is 10.8. The Hall–Kier alpha value is -1.35. The third-order valence-corrected chi connectivity index (χ3v) is 2.79. The Kier molecular flexibility index (Phi) is 5.70. The number of nitrogens with two attached hydrogens (primary N) is 1. The van der Waals surface area contributed by atoms with Gasteiger partial charge in [-0.2, -0.15) is 0 Å². The van der Waals surface area contributed by atoms with E-state index in [4.69, 9.17) is 5.73 Å². The van der Waals surface area contributed by atoms with E-state index >= 15 is 0 Å². The van der Waals surface area contributed by atoms with Crippen molar-refractivity contribution in [3.63, 3.8) is 0 Å². The number of hydrogen-bond donors (Lipinski definition) is 1. The lowest BCUT2D eigenvalue weighted by atomic mass is 10.1. The molecule has 0 atom stereocenters. The van der Waals surface area contributed by atoms with Crippen molar-refractivity contribution < 1.29 is 4.79 Å². The van der Waals surface area contributed by atoms with Crippen LogP contribution in [0.25, 0.3) is 0 Å². The summed E-state index contributed by atoms with van der Waals surface area (Å²) in [4.78, 5) is 14.2. The highest BCUT2D eigenvalue weighted by Gasteiger charge is 2.15. The largest absolute Gasteiger partial charge is 0.339 e. The van der Waals surface area contributed by atoms with Crippen LogP contribution in [0.4, 0.5) is 0 Å². The van der Waals surface area contributed by atoms with Gasteiger partial charge < -0.3 is 10.6 Å². The highest BCUT2D eigenvalue weighted by molar-refractivity contribution is 5.95. The molecular formula is C14H22N2O. The van der Waals surface area contributed by atoms with Crippen LogP contribution in [0.2, 0.25) is 0 Å². The maximum absolute atomic E-state index is 12.3. The van der Waals surface area contributed by atoms with E-state index in [1.807, 2.05) is 36.1 Å². The van der Waals surface area contributed by atoms with E-state index < -0.39 is 0 Å². The van der Waals surface area contributed by atoms with Crippen molar-refractivity contribution in [3.05, 3.63) is 35.4 Å². The quantitative estimate of drug-likeness (QED) is 0.820. The van der Waals surface area contributed by atoms with Crippen LogP contribution in [-0.4, -0.2) is 30.4 Å². The minimum absolute atomic E-state index is 0.124. The molecule has 0 spiro atoms. The molecule has 2 N–H and O–H groups in total. The summed E-state index contributed by atoms with van der Waals surface area (Å²) in [5.74, 6) is 0.124. The lowest BCUT2D eigenvalue weighted by Gasteiger charge is -2.22. The van der Waals surface area contributed by atoms with E-state index in [1.54, 1.807) is 0 Å². The SMILES string of the molecule is CCCN(CCCN)C(=O)c1ccccc1C. The lowest BCUT2D eigenvalue weighted by Crippen LogP contribution is -2.34. The summed E-state index contributed by atoms with van der Waals surface area (Å²) >= 11 is 0. The normalized spacial score (nSPS) is 10.3. The van der Waals surface area contributed by atoms with Gasteiger partial charge in [-0.05, 0) is 37.9 Å². The zero-order valence-electron chi connectivity index (χ0n) is 10.8. The molecule has 0 bridgehead atoms. The van der Waals surface area contributed by atoms with Gasteiger partial charge in [-0.15, -0.1) is 0 Å². The van der Waals surface area contributed by atoms with Gasteiger partial charge in [0.2, 0.25) is 0 Å². The second kappa shape index (κ2) is 7.07. The van der Waals surface area contributed by atoms with E-state index in [0.717, 1.165) is 37.1 Å². The van der Waals surface area contributed by atoms with Crippen LogP contribution < -0.4 is 5.73 Å². The molecule has 0 aliphatic rings. The number of carbonyl (C=O) groups excluding carboxylic acids is 1. The molecular weight excluding hydrogens is 212 g/mol. The van der Waals surface area contributed by atoms with Crippen LogP contribution in [0.3, 0.4) is 0 Å². The molecule has 1 aromatic rings. The summed E-state index contributed by atoms with van der Waals surface area (Å²) in [6, 6.07) is 7.73. The fraction of sp³-hybridized carbons (Fsp3) is 0.500. The van der Waals surface area contributed by atoms with Crippen molar-refractivity contribution >= 4 is 5.91 Å². The molecule has 0 heterocycles. The second-order valence-corrected chi connectivity index (χ2v) is 4.25. The van der Waals surface area contributed by atoms with Crippen molar-refractivity contribution in [2.45, 2.75) is 26.7 Å². The zero-order chi connectivity index (χ0) is 12.7. The summed E-state index contributed by atoms with van der Waals surface area (Å²) in [6.45, 7) is 6.23. The Morgan fingerprint density at radius 1 is 1.29 bits per heavy atom. The lowest BCUT2D eigenvalue weighted by molar-refractivity contribution is 0.0754. The molecule has 0 saturated carbocycles. The molecule has 3 nitrogen and oxygen atoms in total. The summed E-state index contributed by atoms with van der Waals surface area (Å²) in [5.41, 5.74) is 7.34. The topological polar surface area (TPSA) is 46.3 Å². The van der Waals surface area contributed by atoms with Gasteiger partial charge in [0.1, 0.15) is 0 Å². The predicted molar refractivity (Wildman–Crippen MR) is 71.0 cm³/mol. The van der Waals surface area contributed by atoms with Crippen molar-refractivity contribution in [2.75, 3.05) is 19.6 Å². The molecule has 0 saturated heterocycles. The Balaban J connectivity index is 2.80. The second-order valence-electron chi connectivity index (χ2n) is 4.25. The van der Waals surface area contributed by atoms with E-state index in [1.165, 1.54) is 0 Å². The molecule has 0 aliphatic carbocycles. The van der Waals surface area contributed by atoms with Crippen LogP contribution in [0.1, 0.15) is 35.7 Å². The first-order chi connectivity index (χ1) is 8.20. The molecule has 0 unspecified atom stereocenters. The molecule has 0 aliphatic heterocycles. The molecule has 0 radical (unpaired) electrons. The molecule has 1 aromatic carbocycles. The number of aryl methyl sites for hydroxylation is 1. The van der Waals surface area contributed by atoms with Crippen LogP contribution in [0.5, 0.6) is 0 Å². The summed E-state index contributed by atoms with van der Waals surface area (Å²) in [5, 5.41) is 0. The smallest absolute Gasteiger partial charge is 0.254 e. The van der Waals surface area contributed by atoms with Crippen molar-refractivity contribution in [2.24, 2.45) is 5.73 Å². The summed E-state index contributed by atoms with van der Waals surface area (Å²) in [6.07, 6.45) is 1.83. The number of benzene rings is 1. The highest BCUT2D eigenvalue weighted by atomic mass is 16.2. The molecule has 1 rings (SSSR count). The number of nitrogens with zero attached hydrogens (tertiary/aromatic N) is 1. The highest BCUT2D eigenvalue weighted by Crippen LogP contribution is 2.11. The standard InChI is InChI=1S/C14H22N2O/c1-3-10-16(11-6-9-15)14(17)13-8-5-4-7-12(13)2/h4-5,7-8H,3,6,9-11,15H2,1-2H3. The summed E-state index contributed by atoms with van der Waals surface area (Å²) in [7, 11) is 0. The van der Waals surface area contributed by atoms with Crippen LogP contribution in [0, 0.1) is 6.92 Å². The molecule has 17 heavy (non-hydrogen) atoms. The molecule has 0 fully saturated rings. The Bertz CT molecular complexity index is 363.